The summed E-state index contributed by atoms with van der Waals surface area (Å²) in [6.45, 7) is 2.63. The van der Waals surface area contributed by atoms with Crippen LogP contribution < -0.4 is 5.32 Å². The van der Waals surface area contributed by atoms with E-state index in [9.17, 15) is 9.59 Å². The molecule has 0 unspecified atom stereocenters. The number of amides is 2. The van der Waals surface area contributed by atoms with Gasteiger partial charge in [0, 0.05) is 26.7 Å². The van der Waals surface area contributed by atoms with Gasteiger partial charge in [-0.25, -0.2) is 0 Å². The first-order valence-electron chi connectivity index (χ1n) is 8.19. The molecule has 0 spiro atoms. The topological polar surface area (TPSA) is 67.2 Å². The highest BCUT2D eigenvalue weighted by Crippen LogP contribution is 2.32. The molecule has 0 radical (unpaired) electrons. The predicted octanol–water partition coefficient (Wildman–Crippen LogP) is 2.03. The zero-order valence-electron chi connectivity index (χ0n) is 14.0. The van der Waals surface area contributed by atoms with E-state index in [1.807, 2.05) is 53.0 Å². The molecule has 3 rings (SSSR count). The van der Waals surface area contributed by atoms with E-state index >= 15 is 0 Å². The van der Waals surface area contributed by atoms with Gasteiger partial charge < -0.3 is 14.8 Å². The highest BCUT2D eigenvalue weighted by atomic mass is 16.2. The van der Waals surface area contributed by atoms with Gasteiger partial charge in [0.05, 0.1) is 24.0 Å². The van der Waals surface area contributed by atoms with E-state index in [0.717, 1.165) is 30.8 Å². The number of hydrogen-bond acceptors (Lipinski definition) is 3. The first-order valence-corrected chi connectivity index (χ1v) is 8.19. The minimum atomic E-state index is -0.0800. The van der Waals surface area contributed by atoms with Gasteiger partial charge in [0.15, 0.2) is 0 Å². The summed E-state index contributed by atoms with van der Waals surface area (Å²) in [5.74, 6) is -0.0392. The van der Waals surface area contributed by atoms with E-state index < -0.39 is 0 Å². The van der Waals surface area contributed by atoms with Crippen molar-refractivity contribution in [2.75, 3.05) is 6.54 Å². The lowest BCUT2D eigenvalue weighted by molar-refractivity contribution is -0.119. The number of rotatable bonds is 4. The van der Waals surface area contributed by atoms with E-state index in [2.05, 4.69) is 10.3 Å². The molecule has 1 saturated heterocycles. The number of pyridine rings is 1. The molecule has 24 heavy (non-hydrogen) atoms. The first kappa shape index (κ1) is 16.2. The number of hydrogen-bond donors (Lipinski definition) is 1. The third-order valence-electron chi connectivity index (χ3n) is 4.36. The Labute approximate surface area is 141 Å². The van der Waals surface area contributed by atoms with Gasteiger partial charge in [0.2, 0.25) is 5.91 Å². The number of likely N-dealkylation sites (tertiary alicyclic amines) is 1. The molecule has 0 saturated carbocycles. The van der Waals surface area contributed by atoms with Gasteiger partial charge in [-0.05, 0) is 37.1 Å². The van der Waals surface area contributed by atoms with Crippen LogP contribution in [-0.4, -0.2) is 32.8 Å². The molecular formula is C18H22N4O2. The monoisotopic (exact) mass is 326 g/mol. The SMILES string of the molecule is CC(=O)NCc1cccc([C@H]2CCCN2C(=O)c2cccn2C)n1. The Hall–Kier alpha value is -2.63. The molecule has 2 amide bonds. The Balaban J connectivity index is 1.80. The van der Waals surface area contributed by atoms with Gasteiger partial charge >= 0.3 is 0 Å². The third kappa shape index (κ3) is 3.32. The van der Waals surface area contributed by atoms with Crippen LogP contribution in [-0.2, 0) is 18.4 Å². The van der Waals surface area contributed by atoms with Crippen molar-refractivity contribution in [1.29, 1.82) is 0 Å². The normalized spacial score (nSPS) is 17.1. The quantitative estimate of drug-likeness (QED) is 0.935. The van der Waals surface area contributed by atoms with Gasteiger partial charge in [-0.1, -0.05) is 6.07 Å². The van der Waals surface area contributed by atoms with Crippen LogP contribution in [0.1, 0.15) is 47.7 Å². The van der Waals surface area contributed by atoms with Crippen molar-refractivity contribution >= 4 is 11.8 Å². The number of nitrogens with zero attached hydrogens (tertiary/aromatic N) is 3. The fourth-order valence-electron chi connectivity index (χ4n) is 3.14. The maximum atomic E-state index is 12.8. The second-order valence-corrected chi connectivity index (χ2v) is 6.12. The van der Waals surface area contributed by atoms with E-state index in [-0.39, 0.29) is 17.9 Å². The van der Waals surface area contributed by atoms with Crippen molar-refractivity contribution < 1.29 is 9.59 Å². The van der Waals surface area contributed by atoms with Gasteiger partial charge in [0.1, 0.15) is 5.69 Å². The third-order valence-corrected chi connectivity index (χ3v) is 4.36. The second kappa shape index (κ2) is 6.86. The Morgan fingerprint density at radius 1 is 1.29 bits per heavy atom. The Bertz CT molecular complexity index is 753. The Kier molecular flexibility index (Phi) is 4.64. The van der Waals surface area contributed by atoms with Crippen LogP contribution in [0.25, 0.3) is 0 Å². The van der Waals surface area contributed by atoms with Gasteiger partial charge in [-0.2, -0.15) is 0 Å². The molecule has 1 aliphatic heterocycles. The number of carbonyl (C=O) groups is 2. The molecule has 126 valence electrons. The Morgan fingerprint density at radius 3 is 2.83 bits per heavy atom. The van der Waals surface area contributed by atoms with E-state index in [1.54, 1.807) is 0 Å². The number of aromatic nitrogens is 2. The zero-order valence-corrected chi connectivity index (χ0v) is 14.0. The molecule has 0 aliphatic carbocycles. The average Bonchev–Trinajstić information content (AvgIpc) is 3.21. The van der Waals surface area contributed by atoms with Crippen molar-refractivity contribution in [3.05, 3.63) is 53.6 Å². The molecule has 1 N–H and O–H groups in total. The highest BCUT2D eigenvalue weighted by Gasteiger charge is 2.32. The van der Waals surface area contributed by atoms with Crippen molar-refractivity contribution in [3.63, 3.8) is 0 Å². The van der Waals surface area contributed by atoms with Gasteiger partial charge in [-0.3, -0.25) is 14.6 Å². The van der Waals surface area contributed by atoms with Crippen molar-refractivity contribution in [2.45, 2.75) is 32.4 Å². The minimum absolute atomic E-state index is 0.00956. The summed E-state index contributed by atoms with van der Waals surface area (Å²) in [5.41, 5.74) is 2.38. The van der Waals surface area contributed by atoms with E-state index in [1.165, 1.54) is 6.92 Å². The lowest BCUT2D eigenvalue weighted by Gasteiger charge is -2.25. The number of nitrogens with one attached hydrogen (secondary N) is 1. The molecule has 2 aromatic heterocycles. The lowest BCUT2D eigenvalue weighted by Crippen LogP contribution is -2.32. The van der Waals surface area contributed by atoms with Gasteiger partial charge in [-0.15, -0.1) is 0 Å². The van der Waals surface area contributed by atoms with Crippen LogP contribution in [0, 0.1) is 0 Å². The lowest BCUT2D eigenvalue weighted by atomic mass is 10.1. The van der Waals surface area contributed by atoms with Crippen molar-refractivity contribution in [2.24, 2.45) is 7.05 Å². The predicted molar refractivity (Wildman–Crippen MR) is 90.2 cm³/mol. The second-order valence-electron chi connectivity index (χ2n) is 6.12. The largest absolute Gasteiger partial charge is 0.351 e. The molecule has 3 heterocycles. The number of aryl methyl sites for hydroxylation is 1. The van der Waals surface area contributed by atoms with Crippen molar-refractivity contribution in [3.8, 4) is 0 Å². The Morgan fingerprint density at radius 2 is 2.12 bits per heavy atom. The van der Waals surface area contributed by atoms with Crippen LogP contribution in [0.4, 0.5) is 0 Å². The smallest absolute Gasteiger partial charge is 0.271 e. The molecule has 0 bridgehead atoms. The summed E-state index contributed by atoms with van der Waals surface area (Å²) in [6.07, 6.45) is 3.76. The number of carbonyl (C=O) groups excluding carboxylic acids is 2. The van der Waals surface area contributed by atoms with Crippen molar-refractivity contribution in [1.82, 2.24) is 19.8 Å². The van der Waals surface area contributed by atoms with Crippen LogP contribution in [0.3, 0.4) is 0 Å². The van der Waals surface area contributed by atoms with E-state index in [0.29, 0.717) is 12.2 Å². The molecule has 0 aromatic carbocycles. The average molecular weight is 326 g/mol. The molecule has 1 atom stereocenters. The standard InChI is InChI=1S/C18H22N4O2/c1-13(23)19-12-14-6-3-7-15(20-14)16-8-5-11-22(16)18(24)17-9-4-10-21(17)2/h3-4,6-7,9-10,16H,5,8,11-12H2,1-2H3,(H,19,23)/t16-/m1/s1. The molecule has 2 aromatic rings. The fourth-order valence-corrected chi connectivity index (χ4v) is 3.14. The minimum Gasteiger partial charge on any atom is -0.351 e. The molecule has 6 heteroatoms. The van der Waals surface area contributed by atoms with E-state index in [4.69, 9.17) is 0 Å². The molecular weight excluding hydrogens is 304 g/mol. The van der Waals surface area contributed by atoms with Crippen LogP contribution in [0.2, 0.25) is 0 Å². The summed E-state index contributed by atoms with van der Waals surface area (Å²) in [4.78, 5) is 30.5. The molecule has 1 fully saturated rings. The van der Waals surface area contributed by atoms with Crippen LogP contribution in [0.5, 0.6) is 0 Å². The maximum Gasteiger partial charge on any atom is 0.271 e. The first-order chi connectivity index (χ1) is 11.6. The molecule has 6 nitrogen and oxygen atoms in total. The summed E-state index contributed by atoms with van der Waals surface area (Å²) < 4.78 is 1.85. The zero-order chi connectivity index (χ0) is 17.1. The van der Waals surface area contributed by atoms with Crippen LogP contribution in [0.15, 0.2) is 36.5 Å². The van der Waals surface area contributed by atoms with Gasteiger partial charge in [0.25, 0.3) is 5.91 Å². The maximum absolute atomic E-state index is 12.8. The van der Waals surface area contributed by atoms with Crippen LogP contribution >= 0.6 is 0 Å². The summed E-state index contributed by atoms with van der Waals surface area (Å²) in [5, 5.41) is 2.76. The fraction of sp³-hybridized carbons (Fsp3) is 0.389. The summed E-state index contributed by atoms with van der Waals surface area (Å²) in [7, 11) is 1.88. The summed E-state index contributed by atoms with van der Waals surface area (Å²) in [6, 6.07) is 9.49. The highest BCUT2D eigenvalue weighted by molar-refractivity contribution is 5.93. The molecule has 1 aliphatic rings. The summed E-state index contributed by atoms with van der Waals surface area (Å²) >= 11 is 0.